The fourth-order valence-corrected chi connectivity index (χ4v) is 1.67. The molecule has 0 aliphatic carbocycles. The predicted molar refractivity (Wildman–Crippen MR) is 50.6 cm³/mol. The quantitative estimate of drug-likeness (QED) is 0.514. The minimum absolute atomic E-state index is 0.329. The first-order valence-corrected chi connectivity index (χ1v) is 4.45. The van der Waals surface area contributed by atoms with Gasteiger partial charge in [-0.1, -0.05) is 0 Å². The van der Waals surface area contributed by atoms with Gasteiger partial charge < -0.3 is 5.21 Å². The average Bonchev–Trinajstić information content (AvgIpc) is 2.12. The zero-order chi connectivity index (χ0) is 9.42. The second-order valence-electron chi connectivity index (χ2n) is 2.63. The van der Waals surface area contributed by atoms with Crippen LogP contribution in [0.4, 0.5) is 4.39 Å². The zero-order valence-corrected chi connectivity index (χ0v) is 8.08. The van der Waals surface area contributed by atoms with Gasteiger partial charge in [-0.25, -0.2) is 4.39 Å². The maximum Gasteiger partial charge on any atom is 0.225 e. The molecule has 0 saturated heterocycles. The van der Waals surface area contributed by atoms with Gasteiger partial charge >= 0.3 is 0 Å². The van der Waals surface area contributed by atoms with Crippen molar-refractivity contribution in [3.63, 3.8) is 0 Å². The second-order valence-corrected chi connectivity index (χ2v) is 3.42. The molecule has 0 aliphatic rings. The summed E-state index contributed by atoms with van der Waals surface area (Å²) in [5, 5.41) is 11.8. The molecular weight excluding hydrogens is 237 g/mol. The fourth-order valence-electron chi connectivity index (χ4n) is 1.20. The van der Waals surface area contributed by atoms with Gasteiger partial charge in [0.2, 0.25) is 5.52 Å². The lowest BCUT2D eigenvalue weighted by Crippen LogP contribution is -2.25. The van der Waals surface area contributed by atoms with Gasteiger partial charge in [-0.05, 0) is 28.1 Å². The van der Waals surface area contributed by atoms with Crippen molar-refractivity contribution in [3.8, 4) is 0 Å². The van der Waals surface area contributed by atoms with Crippen LogP contribution in [-0.2, 0) is 0 Å². The van der Waals surface area contributed by atoms with Gasteiger partial charge in [0.15, 0.2) is 6.20 Å². The van der Waals surface area contributed by atoms with E-state index in [-0.39, 0.29) is 5.82 Å². The van der Waals surface area contributed by atoms with Crippen LogP contribution in [0.15, 0.2) is 34.9 Å². The van der Waals surface area contributed by atoms with Crippen molar-refractivity contribution < 1.29 is 9.12 Å². The number of fused-ring (bicyclic) bond motifs is 1. The number of halogens is 2. The molecule has 0 spiro atoms. The molecule has 2 aromatic rings. The smallest absolute Gasteiger partial charge is 0.225 e. The lowest BCUT2D eigenvalue weighted by atomic mass is 10.2. The van der Waals surface area contributed by atoms with E-state index < -0.39 is 0 Å². The number of nitrogens with zero attached hydrogens (tertiary/aromatic N) is 1. The monoisotopic (exact) mass is 241 g/mol. The summed E-state index contributed by atoms with van der Waals surface area (Å²) < 4.78 is 14.1. The normalized spacial score (nSPS) is 10.6. The Morgan fingerprint density at radius 1 is 1.31 bits per heavy atom. The third kappa shape index (κ3) is 1.27. The third-order valence-electron chi connectivity index (χ3n) is 1.83. The van der Waals surface area contributed by atoms with Gasteiger partial charge in [0.1, 0.15) is 5.82 Å². The van der Waals surface area contributed by atoms with Gasteiger partial charge in [0.25, 0.3) is 0 Å². The van der Waals surface area contributed by atoms with E-state index >= 15 is 0 Å². The molecule has 1 aromatic heterocycles. The van der Waals surface area contributed by atoms with Gasteiger partial charge in [0, 0.05) is 12.1 Å². The standard InChI is InChI=1S/C9H5BrFNO/c10-9-6-2-1-5-12(13)8(6)4-3-7(9)11/h1-5H. The number of hydrogen-bond donors (Lipinski definition) is 0. The summed E-state index contributed by atoms with van der Waals surface area (Å²) in [5.41, 5.74) is 0.454. The predicted octanol–water partition coefficient (Wildman–Crippen LogP) is 2.37. The van der Waals surface area contributed by atoms with E-state index in [1.165, 1.54) is 18.3 Å². The van der Waals surface area contributed by atoms with E-state index in [9.17, 15) is 9.60 Å². The molecule has 0 amide bonds. The van der Waals surface area contributed by atoms with Crippen molar-refractivity contribution in [2.45, 2.75) is 0 Å². The Labute approximate surface area is 82.3 Å². The molecule has 0 unspecified atom stereocenters. The van der Waals surface area contributed by atoms with E-state index in [2.05, 4.69) is 15.9 Å². The first-order chi connectivity index (χ1) is 6.20. The molecule has 0 radical (unpaired) electrons. The van der Waals surface area contributed by atoms with E-state index in [0.717, 1.165) is 0 Å². The van der Waals surface area contributed by atoms with E-state index in [1.807, 2.05) is 0 Å². The van der Waals surface area contributed by atoms with Crippen LogP contribution in [0.5, 0.6) is 0 Å². The highest BCUT2D eigenvalue weighted by molar-refractivity contribution is 9.10. The summed E-state index contributed by atoms with van der Waals surface area (Å²) in [6.07, 6.45) is 1.38. The molecule has 0 atom stereocenters. The average molecular weight is 242 g/mol. The molecule has 1 aromatic carbocycles. The van der Waals surface area contributed by atoms with Crippen molar-refractivity contribution >= 4 is 26.8 Å². The van der Waals surface area contributed by atoms with Crippen molar-refractivity contribution in [1.82, 2.24) is 0 Å². The minimum atomic E-state index is -0.362. The van der Waals surface area contributed by atoms with Crippen LogP contribution in [0, 0.1) is 11.0 Å². The third-order valence-corrected chi connectivity index (χ3v) is 2.64. The Bertz CT molecular complexity index is 472. The summed E-state index contributed by atoms with van der Waals surface area (Å²) >= 11 is 3.09. The maximum absolute atomic E-state index is 13.0. The Morgan fingerprint density at radius 2 is 2.08 bits per heavy atom. The van der Waals surface area contributed by atoms with Crippen LogP contribution < -0.4 is 4.73 Å². The SMILES string of the molecule is [O-][n+]1cccc2c(Br)c(F)ccc21. The lowest BCUT2D eigenvalue weighted by Gasteiger charge is -2.02. The number of hydrogen-bond acceptors (Lipinski definition) is 1. The van der Waals surface area contributed by atoms with Crippen LogP contribution in [0.25, 0.3) is 10.9 Å². The lowest BCUT2D eigenvalue weighted by molar-refractivity contribution is -0.577. The molecule has 2 nitrogen and oxygen atoms in total. The maximum atomic E-state index is 13.0. The summed E-state index contributed by atoms with van der Waals surface area (Å²) in [6, 6.07) is 6.00. The van der Waals surface area contributed by atoms with Crippen LogP contribution in [-0.4, -0.2) is 0 Å². The van der Waals surface area contributed by atoms with Gasteiger partial charge in [-0.3, -0.25) is 0 Å². The second kappa shape index (κ2) is 2.96. The molecule has 1 heterocycles. The highest BCUT2D eigenvalue weighted by atomic mass is 79.9. The molecule has 0 bridgehead atoms. The first-order valence-electron chi connectivity index (χ1n) is 3.66. The molecule has 0 fully saturated rings. The number of aromatic nitrogens is 1. The van der Waals surface area contributed by atoms with Crippen molar-refractivity contribution in [1.29, 1.82) is 0 Å². The van der Waals surface area contributed by atoms with Crippen LogP contribution >= 0.6 is 15.9 Å². The van der Waals surface area contributed by atoms with Gasteiger partial charge in [-0.15, -0.1) is 0 Å². The minimum Gasteiger partial charge on any atom is -0.618 e. The van der Waals surface area contributed by atoms with Gasteiger partial charge in [-0.2, -0.15) is 4.73 Å². The van der Waals surface area contributed by atoms with Crippen molar-refractivity contribution in [2.24, 2.45) is 0 Å². The summed E-state index contributed by atoms with van der Waals surface area (Å²) in [4.78, 5) is 0. The van der Waals surface area contributed by atoms with Crippen LogP contribution in [0.2, 0.25) is 0 Å². The fraction of sp³-hybridized carbons (Fsp3) is 0. The molecule has 66 valence electrons. The first kappa shape index (κ1) is 8.44. The molecule has 0 saturated carbocycles. The summed E-state index contributed by atoms with van der Waals surface area (Å²) in [7, 11) is 0. The van der Waals surface area contributed by atoms with Crippen LogP contribution in [0.3, 0.4) is 0 Å². The Morgan fingerprint density at radius 3 is 2.85 bits per heavy atom. The van der Waals surface area contributed by atoms with Crippen LogP contribution in [0.1, 0.15) is 0 Å². The van der Waals surface area contributed by atoms with Gasteiger partial charge in [0.05, 0.1) is 9.86 Å². The summed E-state index contributed by atoms with van der Waals surface area (Å²) in [5.74, 6) is -0.362. The molecule has 2 rings (SSSR count). The summed E-state index contributed by atoms with van der Waals surface area (Å²) in [6.45, 7) is 0. The largest absolute Gasteiger partial charge is 0.618 e. The number of rotatable bonds is 0. The Balaban J connectivity index is 2.94. The number of pyridine rings is 1. The van der Waals surface area contributed by atoms with Crippen molar-refractivity contribution in [2.75, 3.05) is 0 Å². The van der Waals surface area contributed by atoms with E-state index in [4.69, 9.17) is 0 Å². The van der Waals surface area contributed by atoms with E-state index in [1.54, 1.807) is 12.1 Å². The molecule has 0 aliphatic heterocycles. The molecular formula is C9H5BrFNO. The molecule has 0 N–H and O–H groups in total. The topological polar surface area (TPSA) is 26.9 Å². The molecule has 13 heavy (non-hydrogen) atoms. The molecule has 4 heteroatoms. The highest BCUT2D eigenvalue weighted by Gasteiger charge is 2.09. The Kier molecular flexibility index (Phi) is 1.92. The van der Waals surface area contributed by atoms with E-state index in [0.29, 0.717) is 20.1 Å². The number of benzene rings is 1. The van der Waals surface area contributed by atoms with Crippen molar-refractivity contribution in [3.05, 3.63) is 46.0 Å². The Hall–Kier alpha value is -1.16. The highest BCUT2D eigenvalue weighted by Crippen LogP contribution is 2.24. The zero-order valence-electron chi connectivity index (χ0n) is 6.50.